The molecule has 0 saturated carbocycles. The molecule has 0 amide bonds. The van der Waals surface area contributed by atoms with E-state index in [1.165, 1.54) is 11.8 Å². The first-order chi connectivity index (χ1) is 8.22. The van der Waals surface area contributed by atoms with E-state index in [9.17, 15) is 4.79 Å². The Morgan fingerprint density at radius 1 is 1.39 bits per heavy atom. The number of carbonyl (C=O) groups is 1. The largest absolute Gasteiger partial charge is 0.356 e. The third kappa shape index (κ3) is 3.28. The molecule has 1 atom stereocenters. The fourth-order valence-electron chi connectivity index (χ4n) is 1.35. The van der Waals surface area contributed by atoms with Gasteiger partial charge in [-0.05, 0) is 6.26 Å². The molecule has 0 radical (unpaired) electrons. The minimum Gasteiger partial charge on any atom is -0.356 e. The van der Waals surface area contributed by atoms with Crippen molar-refractivity contribution in [1.29, 1.82) is 0 Å². The van der Waals surface area contributed by atoms with E-state index in [-0.39, 0.29) is 23.9 Å². The zero-order chi connectivity index (χ0) is 12.3. The van der Waals surface area contributed by atoms with Crippen LogP contribution in [0.4, 0.5) is 0 Å². The van der Waals surface area contributed by atoms with Crippen molar-refractivity contribution in [3.8, 4) is 11.3 Å². The summed E-state index contributed by atoms with van der Waals surface area (Å²) in [7, 11) is 0. The van der Waals surface area contributed by atoms with E-state index in [1.807, 2.05) is 30.3 Å². The predicted octanol–water partition coefficient (Wildman–Crippen LogP) is 3.87. The van der Waals surface area contributed by atoms with Crippen LogP contribution in [0.1, 0.15) is 10.5 Å². The normalized spacial score (nSPS) is 11.7. The van der Waals surface area contributed by atoms with Crippen LogP contribution in [-0.2, 0) is 0 Å². The number of rotatable bonds is 4. The van der Waals surface area contributed by atoms with Gasteiger partial charge in [0.2, 0.25) is 5.78 Å². The molecule has 3 nitrogen and oxygen atoms in total. The highest BCUT2D eigenvalue weighted by Gasteiger charge is 2.20. The summed E-state index contributed by atoms with van der Waals surface area (Å²) in [6, 6.07) is 11.1. The molecule has 0 aliphatic rings. The minimum absolute atomic E-state index is 0. The summed E-state index contributed by atoms with van der Waals surface area (Å²) >= 11 is 7.10. The van der Waals surface area contributed by atoms with E-state index in [1.54, 1.807) is 12.3 Å². The molecular formula is C12H11Cl2NO2S. The second kappa shape index (κ2) is 6.83. The van der Waals surface area contributed by atoms with E-state index < -0.39 is 4.71 Å². The summed E-state index contributed by atoms with van der Waals surface area (Å²) in [4.78, 5) is 11.7. The molecular weight excluding hydrogens is 293 g/mol. The number of benzene rings is 1. The van der Waals surface area contributed by atoms with Gasteiger partial charge in [-0.2, -0.15) is 0 Å². The van der Waals surface area contributed by atoms with Gasteiger partial charge in [0.15, 0.2) is 11.5 Å². The monoisotopic (exact) mass is 303 g/mol. The lowest BCUT2D eigenvalue weighted by molar-refractivity contribution is 0.1000. The highest BCUT2D eigenvalue weighted by atomic mass is 35.5. The number of hydrogen-bond donors (Lipinski definition) is 0. The van der Waals surface area contributed by atoms with E-state index in [2.05, 4.69) is 5.16 Å². The van der Waals surface area contributed by atoms with Crippen LogP contribution in [0.5, 0.6) is 0 Å². The third-order valence-corrected chi connectivity index (χ3v) is 3.59. The molecule has 1 aromatic heterocycles. The van der Waals surface area contributed by atoms with Crippen molar-refractivity contribution < 1.29 is 9.32 Å². The molecule has 2 aromatic rings. The molecule has 0 saturated heterocycles. The third-order valence-electron chi connectivity index (χ3n) is 2.23. The van der Waals surface area contributed by atoms with Crippen molar-refractivity contribution in [1.82, 2.24) is 5.16 Å². The average molecular weight is 304 g/mol. The second-order valence-electron chi connectivity index (χ2n) is 3.36. The van der Waals surface area contributed by atoms with Crippen LogP contribution in [0, 0.1) is 0 Å². The van der Waals surface area contributed by atoms with Crippen LogP contribution >= 0.6 is 35.8 Å². The zero-order valence-corrected chi connectivity index (χ0v) is 11.9. The summed E-state index contributed by atoms with van der Waals surface area (Å²) < 4.78 is 4.51. The Morgan fingerprint density at radius 3 is 2.67 bits per heavy atom. The molecule has 0 aliphatic heterocycles. The first-order valence-electron chi connectivity index (χ1n) is 4.95. The maximum atomic E-state index is 11.7. The topological polar surface area (TPSA) is 43.1 Å². The maximum absolute atomic E-state index is 11.7. The van der Waals surface area contributed by atoms with E-state index in [0.29, 0.717) is 5.76 Å². The van der Waals surface area contributed by atoms with Gasteiger partial charge in [-0.25, -0.2) is 0 Å². The molecule has 1 heterocycles. The quantitative estimate of drug-likeness (QED) is 0.635. The van der Waals surface area contributed by atoms with Crippen LogP contribution < -0.4 is 0 Å². The van der Waals surface area contributed by atoms with Gasteiger partial charge >= 0.3 is 0 Å². The van der Waals surface area contributed by atoms with Crippen LogP contribution in [0.2, 0.25) is 0 Å². The summed E-state index contributed by atoms with van der Waals surface area (Å²) in [6.07, 6.45) is 1.77. The van der Waals surface area contributed by atoms with Crippen LogP contribution in [-0.4, -0.2) is 21.9 Å². The SMILES string of the molecule is CSC(Cl)C(=O)c1cc(-c2ccccc2)on1.Cl. The number of ketones is 1. The molecule has 6 heteroatoms. The van der Waals surface area contributed by atoms with Crippen molar-refractivity contribution in [3.05, 3.63) is 42.1 Å². The Morgan fingerprint density at radius 2 is 2.06 bits per heavy atom. The predicted molar refractivity (Wildman–Crippen MR) is 76.7 cm³/mol. The van der Waals surface area contributed by atoms with Crippen LogP contribution in [0.15, 0.2) is 40.9 Å². The van der Waals surface area contributed by atoms with Crippen molar-refractivity contribution in [2.24, 2.45) is 0 Å². The Kier molecular flexibility index (Phi) is 5.72. The fraction of sp³-hybridized carbons (Fsp3) is 0.167. The first kappa shape index (κ1) is 15.1. The van der Waals surface area contributed by atoms with Gasteiger partial charge in [0.25, 0.3) is 0 Å². The summed E-state index contributed by atoms with van der Waals surface area (Å²) in [5.74, 6) is 0.337. The Labute approximate surface area is 120 Å². The highest BCUT2D eigenvalue weighted by molar-refractivity contribution is 8.01. The van der Waals surface area contributed by atoms with E-state index in [4.69, 9.17) is 16.1 Å². The molecule has 2 rings (SSSR count). The van der Waals surface area contributed by atoms with Crippen molar-refractivity contribution >= 4 is 41.6 Å². The fourth-order valence-corrected chi connectivity index (χ4v) is 1.80. The van der Waals surface area contributed by atoms with Gasteiger partial charge in [0, 0.05) is 11.6 Å². The van der Waals surface area contributed by atoms with Gasteiger partial charge < -0.3 is 4.52 Å². The lowest BCUT2D eigenvalue weighted by Crippen LogP contribution is -2.10. The molecule has 0 fully saturated rings. The molecule has 0 bridgehead atoms. The molecule has 1 aromatic carbocycles. The molecule has 18 heavy (non-hydrogen) atoms. The molecule has 0 spiro atoms. The van der Waals surface area contributed by atoms with Gasteiger partial charge in [-0.1, -0.05) is 35.5 Å². The van der Waals surface area contributed by atoms with Gasteiger partial charge in [0.1, 0.15) is 4.71 Å². The van der Waals surface area contributed by atoms with Crippen molar-refractivity contribution in [3.63, 3.8) is 0 Å². The number of thioether (sulfide) groups is 1. The van der Waals surface area contributed by atoms with E-state index in [0.717, 1.165) is 5.56 Å². The van der Waals surface area contributed by atoms with Crippen molar-refractivity contribution in [2.45, 2.75) is 4.71 Å². The molecule has 0 N–H and O–H groups in total. The molecule has 1 unspecified atom stereocenters. The van der Waals surface area contributed by atoms with Gasteiger partial charge in [-0.3, -0.25) is 4.79 Å². The number of Topliss-reactive ketones (excluding diaryl/α,β-unsaturated/α-hetero) is 1. The minimum atomic E-state index is -0.622. The number of halogens is 2. The zero-order valence-electron chi connectivity index (χ0n) is 9.50. The van der Waals surface area contributed by atoms with Crippen LogP contribution in [0.3, 0.4) is 0 Å². The summed E-state index contributed by atoms with van der Waals surface area (Å²) in [5, 5.41) is 3.74. The molecule has 0 aliphatic carbocycles. The number of aromatic nitrogens is 1. The number of nitrogens with zero attached hydrogens (tertiary/aromatic N) is 1. The Bertz CT molecular complexity index is 516. The Hall–Kier alpha value is -0.970. The number of carbonyl (C=O) groups excluding carboxylic acids is 1. The lowest BCUT2D eigenvalue weighted by atomic mass is 10.1. The number of hydrogen-bond acceptors (Lipinski definition) is 4. The van der Waals surface area contributed by atoms with Crippen LogP contribution in [0.25, 0.3) is 11.3 Å². The smallest absolute Gasteiger partial charge is 0.212 e. The molecule has 96 valence electrons. The lowest BCUT2D eigenvalue weighted by Gasteiger charge is -1.99. The Balaban J connectivity index is 0.00000162. The highest BCUT2D eigenvalue weighted by Crippen LogP contribution is 2.23. The van der Waals surface area contributed by atoms with Crippen molar-refractivity contribution in [2.75, 3.05) is 6.26 Å². The van der Waals surface area contributed by atoms with Gasteiger partial charge in [-0.15, -0.1) is 35.8 Å². The van der Waals surface area contributed by atoms with Gasteiger partial charge in [0.05, 0.1) is 0 Å². The van der Waals surface area contributed by atoms with E-state index >= 15 is 0 Å². The second-order valence-corrected chi connectivity index (χ2v) is 5.00. The summed E-state index contributed by atoms with van der Waals surface area (Å²) in [6.45, 7) is 0. The summed E-state index contributed by atoms with van der Waals surface area (Å²) in [5.41, 5.74) is 1.15. The number of alkyl halides is 1. The first-order valence-corrected chi connectivity index (χ1v) is 6.68. The average Bonchev–Trinajstić information content (AvgIpc) is 2.87. The standard InChI is InChI=1S/C12H10ClNO2S.ClH/c1-17-12(13)11(15)9-7-10(16-14-9)8-5-3-2-4-6-8;/h2-7,12H,1H3;1H. The maximum Gasteiger partial charge on any atom is 0.212 e.